The van der Waals surface area contributed by atoms with Crippen molar-refractivity contribution in [1.29, 1.82) is 0 Å². The minimum absolute atomic E-state index is 0.0184. The second-order valence-corrected chi connectivity index (χ2v) is 10.8. The van der Waals surface area contributed by atoms with E-state index in [4.69, 9.17) is 4.74 Å². The highest BCUT2D eigenvalue weighted by molar-refractivity contribution is 7.17. The topological polar surface area (TPSA) is 58.6 Å². The Morgan fingerprint density at radius 3 is 2.41 bits per heavy atom. The number of fused-ring (bicyclic) bond motifs is 1. The van der Waals surface area contributed by atoms with E-state index in [-0.39, 0.29) is 17.3 Å². The van der Waals surface area contributed by atoms with Gasteiger partial charge in [0, 0.05) is 30.1 Å². The number of rotatable bonds is 6. The molecule has 0 fully saturated rings. The van der Waals surface area contributed by atoms with Crippen LogP contribution >= 0.6 is 11.3 Å². The molecule has 0 radical (unpaired) electrons. The predicted octanol–water partition coefficient (Wildman–Crippen LogP) is 6.03. The van der Waals surface area contributed by atoms with Crippen molar-refractivity contribution in [3.8, 4) is 0 Å². The molecule has 1 aromatic heterocycles. The Labute approximate surface area is 205 Å². The summed E-state index contributed by atoms with van der Waals surface area (Å²) in [4.78, 5) is 29.4. The van der Waals surface area contributed by atoms with E-state index in [9.17, 15) is 9.59 Å². The van der Waals surface area contributed by atoms with E-state index in [1.165, 1.54) is 22.5 Å². The highest BCUT2D eigenvalue weighted by Gasteiger charge is 2.29. The highest BCUT2D eigenvalue weighted by atomic mass is 32.1. The van der Waals surface area contributed by atoms with Crippen LogP contribution in [-0.4, -0.2) is 29.9 Å². The SMILES string of the molecule is CCOC(=O)c1c(NC(=O)c2ccc(C(C)(C)C)cc2)sc2c1CCN(Cc1ccccc1)C2. The summed E-state index contributed by atoms with van der Waals surface area (Å²) >= 11 is 1.49. The number of amides is 1. The van der Waals surface area contributed by atoms with Crippen LogP contribution < -0.4 is 5.32 Å². The molecule has 4 rings (SSSR count). The van der Waals surface area contributed by atoms with Gasteiger partial charge in [-0.25, -0.2) is 4.79 Å². The number of carbonyl (C=O) groups is 2. The second-order valence-electron chi connectivity index (χ2n) is 9.66. The fourth-order valence-corrected chi connectivity index (χ4v) is 5.51. The van der Waals surface area contributed by atoms with Crippen molar-refractivity contribution >= 4 is 28.2 Å². The Morgan fingerprint density at radius 1 is 1.06 bits per heavy atom. The zero-order valence-corrected chi connectivity index (χ0v) is 21.1. The number of thiophene rings is 1. The van der Waals surface area contributed by atoms with E-state index in [1.54, 1.807) is 6.92 Å². The molecule has 178 valence electrons. The molecule has 1 amide bonds. The molecule has 0 atom stereocenters. The van der Waals surface area contributed by atoms with Gasteiger partial charge in [0.05, 0.1) is 12.2 Å². The van der Waals surface area contributed by atoms with Crippen molar-refractivity contribution in [2.45, 2.75) is 52.6 Å². The van der Waals surface area contributed by atoms with Crippen molar-refractivity contribution < 1.29 is 14.3 Å². The third-order valence-corrected chi connectivity index (χ3v) is 7.24. The lowest BCUT2D eigenvalue weighted by molar-refractivity contribution is 0.0526. The van der Waals surface area contributed by atoms with E-state index in [0.29, 0.717) is 22.7 Å². The summed E-state index contributed by atoms with van der Waals surface area (Å²) < 4.78 is 5.36. The third kappa shape index (κ3) is 5.40. The molecule has 2 heterocycles. The van der Waals surface area contributed by atoms with Gasteiger partial charge in [0.15, 0.2) is 0 Å². The first-order valence-corrected chi connectivity index (χ1v) is 12.6. The van der Waals surface area contributed by atoms with Gasteiger partial charge >= 0.3 is 5.97 Å². The molecule has 1 N–H and O–H groups in total. The zero-order chi connectivity index (χ0) is 24.3. The molecule has 5 nitrogen and oxygen atoms in total. The number of carbonyl (C=O) groups excluding carboxylic acids is 2. The fraction of sp³-hybridized carbons (Fsp3) is 0.357. The van der Waals surface area contributed by atoms with Crippen molar-refractivity contribution in [2.75, 3.05) is 18.5 Å². The van der Waals surface area contributed by atoms with E-state index >= 15 is 0 Å². The lowest BCUT2D eigenvalue weighted by Crippen LogP contribution is -2.29. The lowest BCUT2D eigenvalue weighted by Gasteiger charge is -2.27. The fourth-order valence-electron chi connectivity index (χ4n) is 4.24. The van der Waals surface area contributed by atoms with Crippen molar-refractivity contribution in [3.05, 3.63) is 87.3 Å². The van der Waals surface area contributed by atoms with Gasteiger partial charge in [-0.3, -0.25) is 9.69 Å². The largest absolute Gasteiger partial charge is 0.462 e. The Kier molecular flexibility index (Phi) is 7.19. The summed E-state index contributed by atoms with van der Waals surface area (Å²) in [6.07, 6.45) is 0.753. The molecule has 0 unspecified atom stereocenters. The van der Waals surface area contributed by atoms with Crippen LogP contribution in [0.1, 0.15) is 70.0 Å². The van der Waals surface area contributed by atoms with Crippen LogP contribution in [0.3, 0.4) is 0 Å². The number of hydrogen-bond donors (Lipinski definition) is 1. The minimum atomic E-state index is -0.366. The van der Waals surface area contributed by atoms with Crippen LogP contribution in [-0.2, 0) is 29.7 Å². The van der Waals surface area contributed by atoms with Crippen molar-refractivity contribution in [1.82, 2.24) is 4.90 Å². The molecular weight excluding hydrogens is 444 g/mol. The Morgan fingerprint density at radius 2 is 1.76 bits per heavy atom. The number of hydrogen-bond acceptors (Lipinski definition) is 5. The van der Waals surface area contributed by atoms with Gasteiger partial charge in [-0.2, -0.15) is 0 Å². The number of ether oxygens (including phenoxy) is 1. The van der Waals surface area contributed by atoms with Crippen molar-refractivity contribution in [2.24, 2.45) is 0 Å². The molecule has 34 heavy (non-hydrogen) atoms. The number of nitrogens with zero attached hydrogens (tertiary/aromatic N) is 1. The average Bonchev–Trinajstić information content (AvgIpc) is 3.16. The van der Waals surface area contributed by atoms with Crippen LogP contribution in [0, 0.1) is 0 Å². The van der Waals surface area contributed by atoms with Gasteiger partial charge in [0.1, 0.15) is 5.00 Å². The number of nitrogens with one attached hydrogen (secondary N) is 1. The van der Waals surface area contributed by atoms with Gasteiger partial charge in [0.25, 0.3) is 5.91 Å². The van der Waals surface area contributed by atoms with Crippen LogP contribution in [0.15, 0.2) is 54.6 Å². The summed E-state index contributed by atoms with van der Waals surface area (Å²) in [7, 11) is 0. The Balaban J connectivity index is 1.57. The minimum Gasteiger partial charge on any atom is -0.462 e. The summed E-state index contributed by atoms with van der Waals surface area (Å²) in [5.74, 6) is -0.583. The summed E-state index contributed by atoms with van der Waals surface area (Å²) in [5, 5.41) is 3.58. The molecule has 3 aromatic rings. The van der Waals surface area contributed by atoms with Crippen LogP contribution in [0.4, 0.5) is 5.00 Å². The van der Waals surface area contributed by atoms with Gasteiger partial charge in [0.2, 0.25) is 0 Å². The Hall–Kier alpha value is -2.96. The molecule has 0 saturated carbocycles. The summed E-state index contributed by atoms with van der Waals surface area (Å²) in [6.45, 7) is 11.0. The van der Waals surface area contributed by atoms with Crippen LogP contribution in [0.5, 0.6) is 0 Å². The smallest absolute Gasteiger partial charge is 0.341 e. The third-order valence-electron chi connectivity index (χ3n) is 6.10. The van der Waals surface area contributed by atoms with E-state index in [0.717, 1.165) is 36.5 Å². The monoisotopic (exact) mass is 476 g/mol. The number of esters is 1. The van der Waals surface area contributed by atoms with Crippen LogP contribution in [0.25, 0.3) is 0 Å². The molecule has 0 spiro atoms. The molecule has 0 bridgehead atoms. The predicted molar refractivity (Wildman–Crippen MR) is 138 cm³/mol. The van der Waals surface area contributed by atoms with E-state index in [2.05, 4.69) is 55.3 Å². The molecule has 0 saturated heterocycles. The number of anilines is 1. The Bertz CT molecular complexity index is 1160. The zero-order valence-electron chi connectivity index (χ0n) is 20.3. The van der Waals surface area contributed by atoms with E-state index in [1.807, 2.05) is 30.3 Å². The molecule has 1 aliphatic rings. The summed E-state index contributed by atoms with van der Waals surface area (Å²) in [5.41, 5.74) is 4.54. The van der Waals surface area contributed by atoms with Gasteiger partial charge in [-0.05, 0) is 47.6 Å². The quantitative estimate of drug-likeness (QED) is 0.441. The maximum Gasteiger partial charge on any atom is 0.341 e. The lowest BCUT2D eigenvalue weighted by atomic mass is 9.87. The van der Waals surface area contributed by atoms with Gasteiger partial charge in [-0.15, -0.1) is 11.3 Å². The first kappa shape index (κ1) is 24.2. The average molecular weight is 477 g/mol. The van der Waals surface area contributed by atoms with E-state index < -0.39 is 0 Å². The maximum atomic E-state index is 13.1. The normalized spacial score (nSPS) is 13.9. The summed E-state index contributed by atoms with van der Waals surface area (Å²) in [6, 6.07) is 18.0. The second kappa shape index (κ2) is 10.1. The molecule has 0 aliphatic carbocycles. The molecule has 6 heteroatoms. The molecule has 2 aromatic carbocycles. The van der Waals surface area contributed by atoms with Crippen molar-refractivity contribution in [3.63, 3.8) is 0 Å². The molecular formula is C28H32N2O3S. The molecule has 1 aliphatic heterocycles. The standard InChI is InChI=1S/C28H32N2O3S/c1-5-33-27(32)24-22-15-16-30(17-19-9-7-6-8-10-19)18-23(22)34-26(24)29-25(31)20-11-13-21(14-12-20)28(2,3)4/h6-14H,5,15-18H2,1-4H3,(H,29,31). The van der Waals surface area contributed by atoms with Crippen LogP contribution in [0.2, 0.25) is 0 Å². The van der Waals surface area contributed by atoms with Gasteiger partial charge < -0.3 is 10.1 Å². The first-order valence-electron chi connectivity index (χ1n) is 11.8. The maximum absolute atomic E-state index is 13.1. The highest BCUT2D eigenvalue weighted by Crippen LogP contribution is 2.38. The first-order chi connectivity index (χ1) is 16.3. The van der Waals surface area contributed by atoms with Gasteiger partial charge in [-0.1, -0.05) is 63.2 Å². The number of benzene rings is 2.